The largest absolute Gasteiger partial charge is 0.469 e. The van der Waals surface area contributed by atoms with Gasteiger partial charge in [-0.1, -0.05) is 43.0 Å². The molecule has 0 bridgehead atoms. The molecule has 6 nitrogen and oxygen atoms in total. The number of benzene rings is 2. The maximum Gasteiger partial charge on any atom is 0.311 e. The van der Waals surface area contributed by atoms with Gasteiger partial charge in [-0.2, -0.15) is 0 Å². The van der Waals surface area contributed by atoms with Crippen LogP contribution in [0.5, 0.6) is 0 Å². The first-order valence-electron chi connectivity index (χ1n) is 9.44. The number of para-hydroxylation sites is 3. The van der Waals surface area contributed by atoms with Crippen molar-refractivity contribution in [1.82, 2.24) is 0 Å². The van der Waals surface area contributed by atoms with Crippen LogP contribution in [-0.4, -0.2) is 29.3 Å². The molecule has 0 unspecified atom stereocenters. The molecule has 0 aromatic heterocycles. The number of hydrogen-bond acceptors (Lipinski definition) is 6. The van der Waals surface area contributed by atoms with Crippen molar-refractivity contribution < 1.29 is 18.7 Å². The van der Waals surface area contributed by atoms with Gasteiger partial charge in [-0.3, -0.25) is 9.59 Å². The molecule has 156 valence electrons. The summed E-state index contributed by atoms with van der Waals surface area (Å²) in [4.78, 5) is 29.2. The Balaban J connectivity index is 1.84. The van der Waals surface area contributed by atoms with Crippen molar-refractivity contribution >= 4 is 45.7 Å². The van der Waals surface area contributed by atoms with E-state index in [0.717, 1.165) is 5.69 Å². The molecule has 3 rings (SSSR count). The molecule has 8 heteroatoms. The van der Waals surface area contributed by atoms with Crippen LogP contribution in [-0.2, 0) is 14.3 Å². The Labute approximate surface area is 178 Å². The summed E-state index contributed by atoms with van der Waals surface area (Å²) in [5.41, 5.74) is 2.20. The van der Waals surface area contributed by atoms with E-state index in [0.29, 0.717) is 22.8 Å². The van der Waals surface area contributed by atoms with Crippen LogP contribution in [0.1, 0.15) is 19.8 Å². The summed E-state index contributed by atoms with van der Waals surface area (Å²) >= 11 is 1.26. The molecule has 0 aliphatic carbocycles. The highest BCUT2D eigenvalue weighted by Crippen LogP contribution is 2.32. The number of fused-ring (bicyclic) bond motifs is 1. The summed E-state index contributed by atoms with van der Waals surface area (Å²) in [5.74, 6) is -1.19. The molecule has 1 aliphatic heterocycles. The van der Waals surface area contributed by atoms with Crippen LogP contribution in [0.2, 0.25) is 0 Å². The smallest absolute Gasteiger partial charge is 0.311 e. The first-order valence-corrected chi connectivity index (χ1v) is 10.3. The van der Waals surface area contributed by atoms with Gasteiger partial charge in [0, 0.05) is 5.70 Å². The van der Waals surface area contributed by atoms with Gasteiger partial charge in [-0.05, 0) is 36.8 Å². The minimum absolute atomic E-state index is 0.0443. The lowest BCUT2D eigenvalue weighted by Gasteiger charge is -2.15. The van der Waals surface area contributed by atoms with E-state index in [1.807, 2.05) is 31.2 Å². The zero-order valence-corrected chi connectivity index (χ0v) is 17.5. The third-order valence-electron chi connectivity index (χ3n) is 4.35. The number of esters is 1. The van der Waals surface area contributed by atoms with Gasteiger partial charge in [0.05, 0.1) is 40.9 Å². The van der Waals surface area contributed by atoms with Crippen molar-refractivity contribution in [3.8, 4) is 0 Å². The number of nitrogens with one attached hydrogen (secondary N) is 2. The molecule has 1 amide bonds. The average molecular weight is 428 g/mol. The normalized spacial score (nSPS) is 13.7. The van der Waals surface area contributed by atoms with E-state index in [1.165, 1.54) is 31.0 Å². The van der Waals surface area contributed by atoms with Crippen LogP contribution in [0.25, 0.3) is 0 Å². The highest BCUT2D eigenvalue weighted by atomic mass is 32.2. The van der Waals surface area contributed by atoms with Crippen LogP contribution in [0.4, 0.5) is 21.5 Å². The SMILES string of the molecule is CC[C@H](SC1=Nc2ccccc2NC(CC(=O)OC)=C1)C(=O)Nc1ccccc1F. The Bertz CT molecular complexity index is 1010. The van der Waals surface area contributed by atoms with Crippen molar-refractivity contribution in [2.24, 2.45) is 4.99 Å². The van der Waals surface area contributed by atoms with Crippen LogP contribution in [0, 0.1) is 5.82 Å². The Morgan fingerprint density at radius 3 is 2.67 bits per heavy atom. The number of carbonyl (C=O) groups is 2. The van der Waals surface area contributed by atoms with Crippen LogP contribution < -0.4 is 10.6 Å². The first kappa shape index (κ1) is 21.6. The highest BCUT2D eigenvalue weighted by Gasteiger charge is 2.22. The average Bonchev–Trinajstić information content (AvgIpc) is 2.91. The topological polar surface area (TPSA) is 79.8 Å². The summed E-state index contributed by atoms with van der Waals surface area (Å²) in [6.07, 6.45) is 2.29. The number of hydrogen-bond donors (Lipinski definition) is 2. The van der Waals surface area contributed by atoms with Crippen LogP contribution >= 0.6 is 11.8 Å². The summed E-state index contributed by atoms with van der Waals surface area (Å²) in [5, 5.41) is 5.92. The fraction of sp³-hybridized carbons (Fsp3) is 0.227. The van der Waals surface area contributed by atoms with Gasteiger partial charge >= 0.3 is 5.97 Å². The number of nitrogens with zero attached hydrogens (tertiary/aromatic N) is 1. The number of anilines is 2. The van der Waals surface area contributed by atoms with Crippen molar-refractivity contribution in [3.05, 3.63) is 66.1 Å². The molecule has 0 saturated carbocycles. The third kappa shape index (κ3) is 5.48. The molecule has 1 heterocycles. The van der Waals surface area contributed by atoms with Crippen LogP contribution in [0.15, 0.2) is 65.3 Å². The lowest BCUT2D eigenvalue weighted by atomic mass is 10.2. The maximum absolute atomic E-state index is 13.9. The van der Waals surface area contributed by atoms with Crippen molar-refractivity contribution in [2.75, 3.05) is 17.7 Å². The second-order valence-corrected chi connectivity index (χ2v) is 7.72. The molecular formula is C22H22FN3O3S. The number of aliphatic imine (C=N–C) groups is 1. The van der Waals surface area contributed by atoms with Gasteiger partial charge in [0.25, 0.3) is 0 Å². The molecule has 1 aliphatic rings. The number of thioether (sulfide) groups is 1. The fourth-order valence-electron chi connectivity index (χ4n) is 2.81. The number of amides is 1. The monoisotopic (exact) mass is 427 g/mol. The van der Waals surface area contributed by atoms with Gasteiger partial charge < -0.3 is 15.4 Å². The molecule has 0 fully saturated rings. The lowest BCUT2D eigenvalue weighted by molar-refractivity contribution is -0.139. The summed E-state index contributed by atoms with van der Waals surface area (Å²) < 4.78 is 18.7. The van der Waals surface area contributed by atoms with Gasteiger partial charge in [0.15, 0.2) is 0 Å². The van der Waals surface area contributed by atoms with E-state index in [-0.39, 0.29) is 24.0 Å². The van der Waals surface area contributed by atoms with Crippen molar-refractivity contribution in [1.29, 1.82) is 0 Å². The van der Waals surface area contributed by atoms with E-state index in [1.54, 1.807) is 18.2 Å². The first-order chi connectivity index (χ1) is 14.5. The van der Waals surface area contributed by atoms with E-state index in [9.17, 15) is 14.0 Å². The van der Waals surface area contributed by atoms with E-state index < -0.39 is 11.1 Å². The van der Waals surface area contributed by atoms with Gasteiger partial charge in [0.2, 0.25) is 5.91 Å². The standard InChI is InChI=1S/C22H22FN3O3S/c1-3-19(22(28)26-16-9-5-4-8-15(16)23)30-20-12-14(13-21(27)29-2)24-17-10-6-7-11-18(17)25-20/h4-12,19,24H,3,13H2,1-2H3,(H,26,28)/t19-/m0/s1. The second-order valence-electron chi connectivity index (χ2n) is 6.50. The fourth-order valence-corrected chi connectivity index (χ4v) is 3.80. The quantitative estimate of drug-likeness (QED) is 0.643. The minimum atomic E-state index is -0.496. The Morgan fingerprint density at radius 2 is 1.93 bits per heavy atom. The Hall–Kier alpha value is -3.13. The molecular weight excluding hydrogens is 405 g/mol. The molecule has 1 atom stereocenters. The highest BCUT2D eigenvalue weighted by molar-refractivity contribution is 8.15. The molecule has 0 saturated heterocycles. The third-order valence-corrected chi connectivity index (χ3v) is 5.63. The van der Waals surface area contributed by atoms with Crippen molar-refractivity contribution in [3.63, 3.8) is 0 Å². The summed E-state index contributed by atoms with van der Waals surface area (Å²) in [6, 6.07) is 13.5. The van der Waals surface area contributed by atoms with E-state index in [4.69, 9.17) is 4.74 Å². The number of carbonyl (C=O) groups excluding carboxylic acids is 2. The van der Waals surface area contributed by atoms with Gasteiger partial charge in [-0.25, -0.2) is 9.38 Å². The van der Waals surface area contributed by atoms with Gasteiger partial charge in [0.1, 0.15) is 5.82 Å². The molecule has 2 aromatic rings. The molecule has 0 spiro atoms. The van der Waals surface area contributed by atoms with Crippen LogP contribution in [0.3, 0.4) is 0 Å². The number of rotatable bonds is 6. The minimum Gasteiger partial charge on any atom is -0.469 e. The number of methoxy groups -OCH3 is 1. The molecule has 2 N–H and O–H groups in total. The molecule has 2 aromatic carbocycles. The second kappa shape index (κ2) is 10.1. The summed E-state index contributed by atoms with van der Waals surface area (Å²) in [6.45, 7) is 1.88. The lowest BCUT2D eigenvalue weighted by Crippen LogP contribution is -2.26. The van der Waals surface area contributed by atoms with Crippen molar-refractivity contribution in [2.45, 2.75) is 25.0 Å². The predicted molar refractivity (Wildman–Crippen MR) is 119 cm³/mol. The molecule has 0 radical (unpaired) electrons. The maximum atomic E-state index is 13.9. The van der Waals surface area contributed by atoms with E-state index >= 15 is 0 Å². The molecule has 30 heavy (non-hydrogen) atoms. The zero-order valence-electron chi connectivity index (χ0n) is 16.6. The van der Waals surface area contributed by atoms with Gasteiger partial charge in [-0.15, -0.1) is 0 Å². The summed E-state index contributed by atoms with van der Waals surface area (Å²) in [7, 11) is 1.33. The van der Waals surface area contributed by atoms with E-state index in [2.05, 4.69) is 15.6 Å². The zero-order chi connectivity index (χ0) is 21.5. The predicted octanol–water partition coefficient (Wildman–Crippen LogP) is 4.88. The number of halogens is 1. The Morgan fingerprint density at radius 1 is 1.20 bits per heavy atom. The Kier molecular flexibility index (Phi) is 7.24. The number of ether oxygens (including phenoxy) is 1.